The molecule has 128 valence electrons. The summed E-state index contributed by atoms with van der Waals surface area (Å²) in [6, 6.07) is 13.9. The number of fused-ring (bicyclic) bond motifs is 1. The Morgan fingerprint density at radius 2 is 1.64 bits per heavy atom. The van der Waals surface area contributed by atoms with Crippen molar-refractivity contribution in [3.63, 3.8) is 0 Å². The van der Waals surface area contributed by atoms with E-state index < -0.39 is 0 Å². The largest absolute Gasteiger partial charge is 0.370 e. The zero-order valence-electron chi connectivity index (χ0n) is 14.2. The van der Waals surface area contributed by atoms with Crippen LogP contribution in [-0.4, -0.2) is 31.1 Å². The fourth-order valence-corrected chi connectivity index (χ4v) is 4.02. The summed E-state index contributed by atoms with van der Waals surface area (Å²) in [6.45, 7) is 2.34. The fourth-order valence-electron chi connectivity index (χ4n) is 3.72. The highest BCUT2D eigenvalue weighted by atomic mass is 35.5. The number of anilines is 1. The molecule has 2 aliphatic heterocycles. The van der Waals surface area contributed by atoms with Crippen molar-refractivity contribution in [2.45, 2.75) is 25.7 Å². The number of halogens is 1. The summed E-state index contributed by atoms with van der Waals surface area (Å²) in [5.41, 5.74) is 4.59. The van der Waals surface area contributed by atoms with E-state index in [-0.39, 0.29) is 12.3 Å². The molecule has 2 aliphatic rings. The Morgan fingerprint density at radius 1 is 0.920 bits per heavy atom. The highest BCUT2D eigenvalue weighted by Gasteiger charge is 2.22. The summed E-state index contributed by atoms with van der Waals surface area (Å²) in [5, 5.41) is 0.761. The van der Waals surface area contributed by atoms with Crippen LogP contribution in [0.4, 0.5) is 5.69 Å². The van der Waals surface area contributed by atoms with Gasteiger partial charge >= 0.3 is 0 Å². The predicted octanol–water partition coefficient (Wildman–Crippen LogP) is 4.75. The number of benzene rings is 2. The Morgan fingerprint density at radius 3 is 2.36 bits per heavy atom. The van der Waals surface area contributed by atoms with Crippen molar-refractivity contribution in [3.05, 3.63) is 64.2 Å². The number of Topliss-reactive ketones (excluding diaryl/α,β-unsaturated/α-hetero) is 1. The molecular formula is C21H21ClN2O. The number of hydrogen-bond donors (Lipinski definition) is 0. The summed E-state index contributed by atoms with van der Waals surface area (Å²) in [5.74, 6) is 0.0756. The molecule has 3 nitrogen and oxygen atoms in total. The lowest BCUT2D eigenvalue weighted by molar-refractivity contribution is 0.1000. The van der Waals surface area contributed by atoms with E-state index in [1.807, 2.05) is 30.3 Å². The summed E-state index contributed by atoms with van der Waals surface area (Å²) >= 11 is 6.63. The number of rotatable bonds is 2. The molecule has 0 radical (unpaired) electrons. The minimum absolute atomic E-state index is 0.0756. The third-order valence-electron chi connectivity index (χ3n) is 5.03. The molecule has 1 fully saturated rings. The highest BCUT2D eigenvalue weighted by molar-refractivity contribution is 6.34. The molecule has 0 unspecified atom stereocenters. The number of nitrogens with zero attached hydrogens (tertiary/aromatic N) is 2. The normalized spacial score (nSPS) is 17.7. The maximum atomic E-state index is 12.1. The fraction of sp³-hybridized carbons (Fsp3) is 0.333. The third kappa shape index (κ3) is 3.21. The van der Waals surface area contributed by atoms with E-state index in [2.05, 4.69) is 22.0 Å². The van der Waals surface area contributed by atoms with Crippen LogP contribution in [0.15, 0.2) is 47.5 Å². The third-order valence-corrected chi connectivity index (χ3v) is 5.33. The van der Waals surface area contributed by atoms with Gasteiger partial charge in [-0.15, -0.1) is 0 Å². The average molecular weight is 353 g/mol. The van der Waals surface area contributed by atoms with Crippen LogP contribution in [0.3, 0.4) is 0 Å². The molecule has 4 heteroatoms. The second-order valence-corrected chi connectivity index (χ2v) is 7.11. The molecule has 0 atom stereocenters. The van der Waals surface area contributed by atoms with Crippen molar-refractivity contribution in [1.82, 2.24) is 0 Å². The zero-order chi connectivity index (χ0) is 17.2. The van der Waals surface area contributed by atoms with Gasteiger partial charge in [0, 0.05) is 29.8 Å². The zero-order valence-corrected chi connectivity index (χ0v) is 14.9. The van der Waals surface area contributed by atoms with Crippen molar-refractivity contribution in [3.8, 4) is 0 Å². The monoisotopic (exact) mass is 352 g/mol. The van der Waals surface area contributed by atoms with Crippen LogP contribution in [0, 0.1) is 0 Å². The van der Waals surface area contributed by atoms with Gasteiger partial charge in [0.2, 0.25) is 0 Å². The lowest BCUT2D eigenvalue weighted by Crippen LogP contribution is -2.24. The Balaban J connectivity index is 1.68. The van der Waals surface area contributed by atoms with Gasteiger partial charge < -0.3 is 4.90 Å². The summed E-state index contributed by atoms with van der Waals surface area (Å²) in [6.07, 6.45) is 5.04. The quantitative estimate of drug-likeness (QED) is 0.781. The first-order chi connectivity index (χ1) is 12.2. The van der Waals surface area contributed by atoms with Crippen molar-refractivity contribution in [2.75, 3.05) is 24.5 Å². The number of carbonyl (C=O) groups is 1. The van der Waals surface area contributed by atoms with Gasteiger partial charge in [0.05, 0.1) is 16.4 Å². The van der Waals surface area contributed by atoms with Crippen LogP contribution in [0.25, 0.3) is 0 Å². The molecule has 25 heavy (non-hydrogen) atoms. The summed E-state index contributed by atoms with van der Waals surface area (Å²) in [7, 11) is 0. The van der Waals surface area contributed by atoms with E-state index in [4.69, 9.17) is 11.6 Å². The molecule has 2 aromatic carbocycles. The first-order valence-corrected chi connectivity index (χ1v) is 9.34. The van der Waals surface area contributed by atoms with Gasteiger partial charge in [-0.3, -0.25) is 9.79 Å². The molecule has 0 saturated carbocycles. The van der Waals surface area contributed by atoms with Crippen LogP contribution in [0.1, 0.15) is 47.2 Å². The number of hydrogen-bond acceptors (Lipinski definition) is 3. The first-order valence-electron chi connectivity index (χ1n) is 8.96. The number of ketones is 1. The Labute approximate surface area is 153 Å². The van der Waals surface area contributed by atoms with Crippen LogP contribution in [-0.2, 0) is 0 Å². The van der Waals surface area contributed by atoms with E-state index in [1.54, 1.807) is 0 Å². The molecule has 0 amide bonds. The minimum Gasteiger partial charge on any atom is -0.370 e. The molecule has 4 rings (SSSR count). The molecule has 0 N–H and O–H groups in total. The lowest BCUT2D eigenvalue weighted by Gasteiger charge is -2.24. The Bertz CT molecular complexity index is 836. The first kappa shape index (κ1) is 16.3. The van der Waals surface area contributed by atoms with Gasteiger partial charge in [0.25, 0.3) is 0 Å². The topological polar surface area (TPSA) is 32.7 Å². The van der Waals surface area contributed by atoms with Crippen LogP contribution in [0.5, 0.6) is 0 Å². The molecule has 0 aromatic heterocycles. The van der Waals surface area contributed by atoms with Gasteiger partial charge in [-0.05, 0) is 25.0 Å². The van der Waals surface area contributed by atoms with Gasteiger partial charge in [0.15, 0.2) is 5.78 Å². The lowest BCUT2D eigenvalue weighted by atomic mass is 9.92. The van der Waals surface area contributed by atoms with Crippen LogP contribution < -0.4 is 4.90 Å². The minimum atomic E-state index is 0.0756. The van der Waals surface area contributed by atoms with Crippen molar-refractivity contribution in [1.29, 1.82) is 0 Å². The molecule has 0 spiro atoms. The second kappa shape index (κ2) is 7.01. The van der Waals surface area contributed by atoms with Gasteiger partial charge in [-0.1, -0.05) is 54.8 Å². The van der Waals surface area contributed by atoms with E-state index in [9.17, 15) is 4.79 Å². The van der Waals surface area contributed by atoms with E-state index in [1.165, 1.54) is 25.7 Å². The van der Waals surface area contributed by atoms with E-state index in [0.29, 0.717) is 0 Å². The van der Waals surface area contributed by atoms with Crippen molar-refractivity contribution in [2.24, 2.45) is 4.99 Å². The standard InChI is InChI=1S/C21H21ClN2O/c22-18-13-15(9-10-19(18)24-11-5-1-2-6-12-24)21-17-8-4-3-7-16(17)20(25)14-23-21/h3-4,7-10,13H,1-2,5-6,11-12,14H2. The van der Waals surface area contributed by atoms with Gasteiger partial charge in [0.1, 0.15) is 6.54 Å². The maximum absolute atomic E-state index is 12.1. The summed E-state index contributed by atoms with van der Waals surface area (Å²) < 4.78 is 0. The van der Waals surface area contributed by atoms with E-state index >= 15 is 0 Å². The maximum Gasteiger partial charge on any atom is 0.184 e. The number of carbonyl (C=O) groups excluding carboxylic acids is 1. The predicted molar refractivity (Wildman–Crippen MR) is 103 cm³/mol. The smallest absolute Gasteiger partial charge is 0.184 e. The molecule has 0 bridgehead atoms. The van der Waals surface area contributed by atoms with E-state index in [0.717, 1.165) is 46.2 Å². The Hall–Kier alpha value is -2.13. The highest BCUT2D eigenvalue weighted by Crippen LogP contribution is 2.31. The molecule has 2 aromatic rings. The molecule has 2 heterocycles. The summed E-state index contributed by atoms with van der Waals surface area (Å²) in [4.78, 5) is 19.0. The molecule has 1 saturated heterocycles. The SMILES string of the molecule is O=C1CN=C(c2ccc(N3CCCCCC3)c(Cl)c2)c2ccccc21. The Kier molecular flexibility index (Phi) is 4.58. The van der Waals surface area contributed by atoms with Gasteiger partial charge in [-0.25, -0.2) is 0 Å². The van der Waals surface area contributed by atoms with Gasteiger partial charge in [-0.2, -0.15) is 0 Å². The average Bonchev–Trinajstić information content (AvgIpc) is 2.91. The van der Waals surface area contributed by atoms with Crippen molar-refractivity contribution < 1.29 is 4.79 Å². The molecule has 0 aliphatic carbocycles. The second-order valence-electron chi connectivity index (χ2n) is 6.70. The van der Waals surface area contributed by atoms with Crippen molar-refractivity contribution >= 4 is 28.8 Å². The molecular weight excluding hydrogens is 332 g/mol. The van der Waals surface area contributed by atoms with Crippen LogP contribution >= 0.6 is 11.6 Å². The number of aliphatic imine (C=N–C) groups is 1. The van der Waals surface area contributed by atoms with Crippen LogP contribution in [0.2, 0.25) is 5.02 Å².